The molecule has 0 spiro atoms. The molecule has 2 N–H and O–H groups in total. The van der Waals surface area contributed by atoms with Crippen LogP contribution in [0.15, 0.2) is 70.9 Å². The van der Waals surface area contributed by atoms with Crippen molar-refractivity contribution in [3.8, 4) is 0 Å². The molecule has 6 nitrogen and oxygen atoms in total. The summed E-state index contributed by atoms with van der Waals surface area (Å²) in [6, 6.07) is 18.6. The molecule has 0 aromatic heterocycles. The van der Waals surface area contributed by atoms with Crippen molar-refractivity contribution in [2.24, 2.45) is 10.2 Å². The molecular weight excluding hydrogens is 304 g/mol. The standard InChI is InChI=1S/C18H18N4O2/c1-13(23)19-21-17(15-9-5-3-6-10-15)18(22-20-14(2)24)16-11-7-4-8-12-16/h3-12H,1-2H3,(H,19,23)(H,20,24)/b21-17+,22-18+. The van der Waals surface area contributed by atoms with Crippen molar-refractivity contribution >= 4 is 23.2 Å². The Balaban J connectivity index is 2.56. The molecule has 0 fully saturated rings. The molecule has 0 radical (unpaired) electrons. The van der Waals surface area contributed by atoms with Crippen LogP contribution in [0.5, 0.6) is 0 Å². The summed E-state index contributed by atoms with van der Waals surface area (Å²) in [5.41, 5.74) is 7.30. The van der Waals surface area contributed by atoms with E-state index in [1.807, 2.05) is 60.7 Å². The largest absolute Gasteiger partial charge is 0.274 e. The Labute approximate surface area is 140 Å². The number of hydrazone groups is 2. The second kappa shape index (κ2) is 8.38. The Hall–Kier alpha value is -3.28. The van der Waals surface area contributed by atoms with Gasteiger partial charge in [-0.15, -0.1) is 0 Å². The first-order valence-corrected chi connectivity index (χ1v) is 7.37. The zero-order valence-electron chi connectivity index (χ0n) is 13.5. The van der Waals surface area contributed by atoms with Gasteiger partial charge in [-0.1, -0.05) is 60.7 Å². The van der Waals surface area contributed by atoms with Gasteiger partial charge >= 0.3 is 0 Å². The van der Waals surface area contributed by atoms with E-state index in [0.717, 1.165) is 11.1 Å². The number of hydrogen-bond donors (Lipinski definition) is 2. The summed E-state index contributed by atoms with van der Waals surface area (Å²) < 4.78 is 0. The lowest BCUT2D eigenvalue weighted by molar-refractivity contribution is -0.119. The van der Waals surface area contributed by atoms with E-state index in [4.69, 9.17) is 0 Å². The van der Waals surface area contributed by atoms with Gasteiger partial charge in [0.15, 0.2) is 0 Å². The van der Waals surface area contributed by atoms with Crippen LogP contribution in [0, 0.1) is 0 Å². The first-order chi connectivity index (χ1) is 11.6. The van der Waals surface area contributed by atoms with E-state index in [-0.39, 0.29) is 11.8 Å². The number of nitrogens with one attached hydrogen (secondary N) is 2. The second-order valence-electron chi connectivity index (χ2n) is 4.99. The molecule has 0 heterocycles. The van der Waals surface area contributed by atoms with E-state index in [0.29, 0.717) is 11.4 Å². The molecule has 0 aliphatic carbocycles. The predicted molar refractivity (Wildman–Crippen MR) is 93.6 cm³/mol. The quantitative estimate of drug-likeness (QED) is 0.652. The maximum atomic E-state index is 11.3. The summed E-state index contributed by atoms with van der Waals surface area (Å²) in [5.74, 6) is -0.592. The van der Waals surface area contributed by atoms with E-state index in [1.54, 1.807) is 0 Å². The highest BCUT2D eigenvalue weighted by molar-refractivity contribution is 6.53. The molecule has 2 aromatic carbocycles. The van der Waals surface area contributed by atoms with Crippen LogP contribution < -0.4 is 10.9 Å². The van der Waals surface area contributed by atoms with Gasteiger partial charge in [0.05, 0.1) is 0 Å². The average Bonchev–Trinajstić information content (AvgIpc) is 2.59. The number of amides is 2. The maximum Gasteiger partial charge on any atom is 0.236 e. The van der Waals surface area contributed by atoms with Gasteiger partial charge in [0.25, 0.3) is 0 Å². The maximum absolute atomic E-state index is 11.3. The smallest absolute Gasteiger partial charge is 0.236 e. The fourth-order valence-electron chi connectivity index (χ4n) is 1.97. The van der Waals surface area contributed by atoms with Crippen molar-refractivity contribution in [1.29, 1.82) is 0 Å². The number of nitrogens with zero attached hydrogens (tertiary/aromatic N) is 2. The SMILES string of the molecule is CC(=O)N/N=C(/C(=N/NC(C)=O)c1ccccc1)c1ccccc1. The van der Waals surface area contributed by atoms with Crippen LogP contribution >= 0.6 is 0 Å². The fraction of sp³-hybridized carbons (Fsp3) is 0.111. The third-order valence-corrected chi connectivity index (χ3v) is 2.97. The van der Waals surface area contributed by atoms with E-state index >= 15 is 0 Å². The molecular formula is C18H18N4O2. The van der Waals surface area contributed by atoms with Crippen molar-refractivity contribution < 1.29 is 9.59 Å². The summed E-state index contributed by atoms with van der Waals surface area (Å²) >= 11 is 0. The lowest BCUT2D eigenvalue weighted by Gasteiger charge is -2.11. The van der Waals surface area contributed by atoms with Gasteiger partial charge in [0.2, 0.25) is 11.8 Å². The molecule has 0 bridgehead atoms. The zero-order valence-corrected chi connectivity index (χ0v) is 13.5. The van der Waals surface area contributed by atoms with Crippen LogP contribution in [0.4, 0.5) is 0 Å². The minimum Gasteiger partial charge on any atom is -0.274 e. The molecule has 0 aliphatic rings. The molecule has 24 heavy (non-hydrogen) atoms. The van der Waals surface area contributed by atoms with Crippen molar-refractivity contribution in [2.45, 2.75) is 13.8 Å². The first-order valence-electron chi connectivity index (χ1n) is 7.37. The average molecular weight is 322 g/mol. The van der Waals surface area contributed by atoms with Crippen molar-refractivity contribution in [2.75, 3.05) is 0 Å². The molecule has 0 aliphatic heterocycles. The molecule has 0 atom stereocenters. The summed E-state index contributed by atoms with van der Waals surface area (Å²) in [6.45, 7) is 2.75. The van der Waals surface area contributed by atoms with Gasteiger partial charge < -0.3 is 0 Å². The summed E-state index contributed by atoms with van der Waals surface area (Å²) in [5, 5.41) is 8.37. The lowest BCUT2D eigenvalue weighted by atomic mass is 10.00. The van der Waals surface area contributed by atoms with E-state index in [9.17, 15) is 9.59 Å². The Bertz CT molecular complexity index is 701. The summed E-state index contributed by atoms with van der Waals surface area (Å²) in [6.07, 6.45) is 0. The van der Waals surface area contributed by atoms with Crippen LogP contribution in [-0.4, -0.2) is 23.2 Å². The van der Waals surface area contributed by atoms with Crippen LogP contribution in [0.2, 0.25) is 0 Å². The number of rotatable bonds is 5. The molecule has 2 aromatic rings. The Morgan fingerprint density at radius 1 is 0.667 bits per heavy atom. The van der Waals surface area contributed by atoms with Crippen LogP contribution in [0.25, 0.3) is 0 Å². The number of hydrogen-bond acceptors (Lipinski definition) is 4. The van der Waals surface area contributed by atoms with Crippen molar-refractivity contribution in [3.05, 3.63) is 71.8 Å². The van der Waals surface area contributed by atoms with Crippen LogP contribution in [0.3, 0.4) is 0 Å². The third kappa shape index (κ3) is 4.88. The molecule has 122 valence electrons. The van der Waals surface area contributed by atoms with E-state index < -0.39 is 0 Å². The highest BCUT2D eigenvalue weighted by Crippen LogP contribution is 2.10. The predicted octanol–water partition coefficient (Wildman–Crippen LogP) is 2.07. The lowest BCUT2D eigenvalue weighted by Crippen LogP contribution is -2.26. The van der Waals surface area contributed by atoms with Crippen LogP contribution in [0.1, 0.15) is 25.0 Å². The fourth-order valence-corrected chi connectivity index (χ4v) is 1.97. The molecule has 6 heteroatoms. The van der Waals surface area contributed by atoms with Crippen molar-refractivity contribution in [1.82, 2.24) is 10.9 Å². The third-order valence-electron chi connectivity index (χ3n) is 2.97. The topological polar surface area (TPSA) is 82.9 Å². The Morgan fingerprint density at radius 2 is 1.00 bits per heavy atom. The number of carbonyl (C=O) groups is 2. The second-order valence-corrected chi connectivity index (χ2v) is 4.99. The van der Waals surface area contributed by atoms with Gasteiger partial charge in [0.1, 0.15) is 11.4 Å². The normalized spacial score (nSPS) is 11.8. The minimum absolute atomic E-state index is 0.296. The Morgan fingerprint density at radius 3 is 1.29 bits per heavy atom. The first kappa shape index (κ1) is 17.1. The van der Waals surface area contributed by atoms with Gasteiger partial charge in [-0.2, -0.15) is 10.2 Å². The number of carbonyl (C=O) groups excluding carboxylic acids is 2. The van der Waals surface area contributed by atoms with Gasteiger partial charge in [-0.3, -0.25) is 9.59 Å². The van der Waals surface area contributed by atoms with Gasteiger partial charge in [-0.05, 0) is 0 Å². The van der Waals surface area contributed by atoms with E-state index in [1.165, 1.54) is 13.8 Å². The van der Waals surface area contributed by atoms with E-state index in [2.05, 4.69) is 21.1 Å². The highest BCUT2D eigenvalue weighted by Gasteiger charge is 2.15. The van der Waals surface area contributed by atoms with Gasteiger partial charge in [-0.25, -0.2) is 10.9 Å². The molecule has 0 unspecified atom stereocenters. The summed E-state index contributed by atoms with van der Waals surface area (Å²) in [4.78, 5) is 22.6. The monoisotopic (exact) mass is 322 g/mol. The number of benzene rings is 2. The molecule has 0 saturated carbocycles. The zero-order chi connectivity index (χ0) is 17.4. The molecule has 2 rings (SSSR count). The highest BCUT2D eigenvalue weighted by atomic mass is 16.2. The summed E-state index contributed by atoms with van der Waals surface area (Å²) in [7, 11) is 0. The molecule has 2 amide bonds. The minimum atomic E-state index is -0.296. The molecule has 0 saturated heterocycles. The van der Waals surface area contributed by atoms with Crippen LogP contribution in [-0.2, 0) is 9.59 Å². The van der Waals surface area contributed by atoms with Crippen molar-refractivity contribution in [3.63, 3.8) is 0 Å². The Kier molecular flexibility index (Phi) is 5.96. The van der Waals surface area contributed by atoms with Gasteiger partial charge in [0, 0.05) is 25.0 Å².